The van der Waals surface area contributed by atoms with E-state index >= 15 is 0 Å². The average molecular weight is 180 g/mol. The van der Waals surface area contributed by atoms with Crippen LogP contribution in [0.25, 0.3) is 6.08 Å². The number of H-pyrrole nitrogens is 1. The number of rotatable bonds is 3. The van der Waals surface area contributed by atoms with Crippen molar-refractivity contribution in [3.8, 4) is 0 Å². The second-order valence-corrected chi connectivity index (χ2v) is 2.60. The zero-order chi connectivity index (χ0) is 9.68. The van der Waals surface area contributed by atoms with E-state index in [1.165, 1.54) is 7.11 Å². The van der Waals surface area contributed by atoms with Crippen molar-refractivity contribution in [3.63, 3.8) is 0 Å². The third-order valence-electron chi connectivity index (χ3n) is 1.66. The van der Waals surface area contributed by atoms with E-state index in [9.17, 15) is 4.79 Å². The zero-order valence-electron chi connectivity index (χ0n) is 7.70. The number of imidazole rings is 1. The Morgan fingerprint density at radius 3 is 3.08 bits per heavy atom. The molecule has 13 heavy (non-hydrogen) atoms. The molecule has 0 atom stereocenters. The number of aromatic amines is 1. The van der Waals surface area contributed by atoms with Gasteiger partial charge in [-0.2, -0.15) is 0 Å². The van der Waals surface area contributed by atoms with E-state index in [0.29, 0.717) is 0 Å². The molecule has 4 heteroatoms. The minimum atomic E-state index is -0.246. The SMILES string of the molecule is COC(=O)CC=Cc1nc[nH]c1C. The number of aryl methyl sites for hydroxylation is 1. The van der Waals surface area contributed by atoms with Gasteiger partial charge in [0.05, 0.1) is 25.6 Å². The second-order valence-electron chi connectivity index (χ2n) is 2.60. The number of carbonyl (C=O) groups is 1. The van der Waals surface area contributed by atoms with Gasteiger partial charge in [-0.3, -0.25) is 4.79 Å². The first-order chi connectivity index (χ1) is 6.24. The normalized spacial score (nSPS) is 10.6. The molecular weight excluding hydrogens is 168 g/mol. The van der Waals surface area contributed by atoms with Crippen LogP contribution in [0.1, 0.15) is 17.8 Å². The summed E-state index contributed by atoms with van der Waals surface area (Å²) < 4.78 is 4.48. The number of carbonyl (C=O) groups excluding carboxylic acids is 1. The van der Waals surface area contributed by atoms with Gasteiger partial charge < -0.3 is 9.72 Å². The standard InChI is InChI=1S/C9H12N2O2/c1-7-8(11-6-10-7)4-3-5-9(12)13-2/h3-4,6H,5H2,1-2H3,(H,10,11). The Morgan fingerprint density at radius 2 is 2.54 bits per heavy atom. The zero-order valence-corrected chi connectivity index (χ0v) is 7.70. The quantitative estimate of drug-likeness (QED) is 0.713. The third-order valence-corrected chi connectivity index (χ3v) is 1.66. The Morgan fingerprint density at radius 1 is 1.77 bits per heavy atom. The van der Waals surface area contributed by atoms with Crippen LogP contribution in [0.2, 0.25) is 0 Å². The molecule has 0 aromatic carbocycles. The maximum Gasteiger partial charge on any atom is 0.309 e. The summed E-state index contributed by atoms with van der Waals surface area (Å²) in [6.45, 7) is 1.92. The van der Waals surface area contributed by atoms with Crippen molar-refractivity contribution >= 4 is 12.0 Å². The summed E-state index contributed by atoms with van der Waals surface area (Å²) in [4.78, 5) is 17.7. The van der Waals surface area contributed by atoms with Crippen molar-refractivity contribution in [2.24, 2.45) is 0 Å². The molecule has 0 saturated carbocycles. The highest BCUT2D eigenvalue weighted by Gasteiger charge is 1.97. The van der Waals surface area contributed by atoms with E-state index in [1.807, 2.05) is 6.92 Å². The number of hydrogen-bond acceptors (Lipinski definition) is 3. The smallest absolute Gasteiger partial charge is 0.309 e. The minimum Gasteiger partial charge on any atom is -0.469 e. The van der Waals surface area contributed by atoms with E-state index in [1.54, 1.807) is 18.5 Å². The highest BCUT2D eigenvalue weighted by Crippen LogP contribution is 2.03. The van der Waals surface area contributed by atoms with Crippen molar-refractivity contribution < 1.29 is 9.53 Å². The predicted molar refractivity (Wildman–Crippen MR) is 49.0 cm³/mol. The summed E-state index contributed by atoms with van der Waals surface area (Å²) in [5, 5.41) is 0. The molecule has 1 aromatic rings. The van der Waals surface area contributed by atoms with Crippen LogP contribution in [0.3, 0.4) is 0 Å². The Hall–Kier alpha value is -1.58. The number of methoxy groups -OCH3 is 1. The van der Waals surface area contributed by atoms with Crippen molar-refractivity contribution in [3.05, 3.63) is 23.8 Å². The lowest BCUT2D eigenvalue weighted by Gasteiger charge is -1.91. The molecule has 1 N–H and O–H groups in total. The summed E-state index contributed by atoms with van der Waals surface area (Å²) in [6.07, 6.45) is 5.42. The number of nitrogens with zero attached hydrogens (tertiary/aromatic N) is 1. The molecule has 0 spiro atoms. The summed E-state index contributed by atoms with van der Waals surface area (Å²) in [6, 6.07) is 0. The highest BCUT2D eigenvalue weighted by molar-refractivity contribution is 5.72. The number of nitrogens with one attached hydrogen (secondary N) is 1. The molecule has 70 valence electrons. The molecule has 0 aliphatic carbocycles. The molecule has 0 aliphatic heterocycles. The summed E-state index contributed by atoms with van der Waals surface area (Å²) in [5.74, 6) is -0.246. The van der Waals surface area contributed by atoms with Crippen LogP contribution in [-0.2, 0) is 9.53 Å². The summed E-state index contributed by atoms with van der Waals surface area (Å²) in [5.41, 5.74) is 1.84. The van der Waals surface area contributed by atoms with E-state index in [-0.39, 0.29) is 12.4 Å². The number of aromatic nitrogens is 2. The Balaban J connectivity index is 2.50. The first kappa shape index (κ1) is 9.51. The second kappa shape index (κ2) is 4.45. The molecule has 0 saturated heterocycles. The largest absolute Gasteiger partial charge is 0.469 e. The lowest BCUT2D eigenvalue weighted by molar-refractivity contribution is -0.139. The topological polar surface area (TPSA) is 55.0 Å². The molecule has 1 rings (SSSR count). The van der Waals surface area contributed by atoms with E-state index in [0.717, 1.165) is 11.4 Å². The van der Waals surface area contributed by atoms with Crippen LogP contribution in [-0.4, -0.2) is 23.0 Å². The molecule has 0 radical (unpaired) electrons. The predicted octanol–water partition coefficient (Wildman–Crippen LogP) is 1.29. The Labute approximate surface area is 76.6 Å². The lowest BCUT2D eigenvalue weighted by Crippen LogP contribution is -1.96. The highest BCUT2D eigenvalue weighted by atomic mass is 16.5. The lowest BCUT2D eigenvalue weighted by atomic mass is 10.3. The van der Waals surface area contributed by atoms with Crippen molar-refractivity contribution in [1.82, 2.24) is 9.97 Å². The molecule has 4 nitrogen and oxygen atoms in total. The fraction of sp³-hybridized carbons (Fsp3) is 0.333. The number of esters is 1. The van der Waals surface area contributed by atoms with Crippen LogP contribution in [0, 0.1) is 6.92 Å². The number of ether oxygens (including phenoxy) is 1. The molecule has 1 aromatic heterocycles. The van der Waals surface area contributed by atoms with Gasteiger partial charge in [0, 0.05) is 5.69 Å². The fourth-order valence-corrected chi connectivity index (χ4v) is 0.888. The van der Waals surface area contributed by atoms with Crippen LogP contribution < -0.4 is 0 Å². The van der Waals surface area contributed by atoms with Gasteiger partial charge in [-0.25, -0.2) is 4.98 Å². The molecule has 0 unspecified atom stereocenters. The Bertz CT molecular complexity index is 315. The maximum absolute atomic E-state index is 10.7. The van der Waals surface area contributed by atoms with Gasteiger partial charge in [-0.05, 0) is 13.0 Å². The number of hydrogen-bond donors (Lipinski definition) is 1. The maximum atomic E-state index is 10.7. The van der Waals surface area contributed by atoms with Gasteiger partial charge in [0.15, 0.2) is 0 Å². The monoisotopic (exact) mass is 180 g/mol. The van der Waals surface area contributed by atoms with Crippen LogP contribution in [0.15, 0.2) is 12.4 Å². The first-order valence-electron chi connectivity index (χ1n) is 3.97. The van der Waals surface area contributed by atoms with E-state index in [4.69, 9.17) is 0 Å². The molecule has 1 heterocycles. The summed E-state index contributed by atoms with van der Waals surface area (Å²) >= 11 is 0. The fourth-order valence-electron chi connectivity index (χ4n) is 0.888. The van der Waals surface area contributed by atoms with E-state index in [2.05, 4.69) is 14.7 Å². The Kier molecular flexibility index (Phi) is 3.25. The van der Waals surface area contributed by atoms with Gasteiger partial charge in [0.1, 0.15) is 0 Å². The average Bonchev–Trinajstić information content (AvgIpc) is 2.52. The van der Waals surface area contributed by atoms with Crippen LogP contribution >= 0.6 is 0 Å². The van der Waals surface area contributed by atoms with Crippen LogP contribution in [0.4, 0.5) is 0 Å². The first-order valence-corrected chi connectivity index (χ1v) is 3.97. The third kappa shape index (κ3) is 2.74. The molecule has 0 aliphatic rings. The molecule has 0 fully saturated rings. The van der Waals surface area contributed by atoms with Gasteiger partial charge >= 0.3 is 5.97 Å². The van der Waals surface area contributed by atoms with Gasteiger partial charge in [0.25, 0.3) is 0 Å². The van der Waals surface area contributed by atoms with Gasteiger partial charge in [-0.15, -0.1) is 0 Å². The van der Waals surface area contributed by atoms with Crippen molar-refractivity contribution in [1.29, 1.82) is 0 Å². The van der Waals surface area contributed by atoms with Crippen molar-refractivity contribution in [2.75, 3.05) is 7.11 Å². The van der Waals surface area contributed by atoms with Crippen LogP contribution in [0.5, 0.6) is 0 Å². The van der Waals surface area contributed by atoms with E-state index < -0.39 is 0 Å². The summed E-state index contributed by atoms with van der Waals surface area (Å²) in [7, 11) is 1.37. The molecule has 0 bridgehead atoms. The van der Waals surface area contributed by atoms with Gasteiger partial charge in [-0.1, -0.05) is 6.08 Å². The minimum absolute atomic E-state index is 0.246. The molecule has 0 amide bonds. The van der Waals surface area contributed by atoms with Crippen molar-refractivity contribution in [2.45, 2.75) is 13.3 Å². The molecular formula is C9H12N2O2. The van der Waals surface area contributed by atoms with Gasteiger partial charge in [0.2, 0.25) is 0 Å².